The molecule has 0 aliphatic rings. The molecule has 1 N–H and O–H groups in total. The number of carboxylic acids is 1. The molecule has 3 rings (SSSR count). The van der Waals surface area contributed by atoms with Gasteiger partial charge < -0.3 is 14.6 Å². The number of benzene rings is 1. The number of carbonyl (C=O) groups excluding carboxylic acids is 1. The van der Waals surface area contributed by atoms with Gasteiger partial charge >= 0.3 is 5.97 Å². The number of rotatable bonds is 8. The minimum atomic E-state index is -0.684. The van der Waals surface area contributed by atoms with E-state index < -0.39 is 5.97 Å². The molecule has 0 aliphatic heterocycles. The van der Waals surface area contributed by atoms with Gasteiger partial charge in [-0.05, 0) is 48.6 Å². The molecule has 2 aromatic heterocycles. The van der Waals surface area contributed by atoms with Crippen molar-refractivity contribution in [3.8, 4) is 0 Å². The molecule has 1 amide bonds. The Hall–Kier alpha value is -3.15. The molecule has 0 bridgehead atoms. The van der Waals surface area contributed by atoms with Crippen LogP contribution in [0.1, 0.15) is 63.6 Å². The number of anilines is 1. The lowest BCUT2D eigenvalue weighted by Crippen LogP contribution is -2.21. The summed E-state index contributed by atoms with van der Waals surface area (Å²) in [5.41, 5.74) is 5.44. The molecule has 0 saturated carbocycles. The average Bonchev–Trinajstić information content (AvgIpc) is 3.10. The lowest BCUT2D eigenvalue weighted by Gasteiger charge is -2.19. The van der Waals surface area contributed by atoms with E-state index in [4.69, 9.17) is 5.11 Å². The highest BCUT2D eigenvalue weighted by molar-refractivity contribution is 5.88. The maximum atomic E-state index is 11.6. The number of amides is 1. The molecule has 6 nitrogen and oxygen atoms in total. The molecule has 0 spiro atoms. The van der Waals surface area contributed by atoms with Crippen LogP contribution >= 0.6 is 0 Å². The van der Waals surface area contributed by atoms with Gasteiger partial charge in [-0.25, -0.2) is 0 Å². The molecule has 0 saturated heterocycles. The van der Waals surface area contributed by atoms with Crippen molar-refractivity contribution < 1.29 is 14.7 Å². The first-order chi connectivity index (χ1) is 15.8. The molecule has 0 fully saturated rings. The summed E-state index contributed by atoms with van der Waals surface area (Å²) < 4.78 is 2.11. The van der Waals surface area contributed by atoms with Gasteiger partial charge in [-0.3, -0.25) is 14.6 Å². The normalized spacial score (nSPS) is 11.0. The van der Waals surface area contributed by atoms with Crippen LogP contribution in [0.3, 0.4) is 0 Å². The molecule has 0 radical (unpaired) electrons. The fourth-order valence-corrected chi connectivity index (χ4v) is 3.86. The van der Waals surface area contributed by atoms with Crippen LogP contribution in [-0.4, -0.2) is 27.0 Å². The molecular formula is C27H39N3O3. The molecule has 6 heteroatoms. The van der Waals surface area contributed by atoms with Crippen LogP contribution in [0.15, 0.2) is 42.9 Å². The SMILES string of the molecule is CC.CCCC(C)CC(=O)O.Cc1ccncc1N(C=O)Cc1cn(C)c2cccc(C)c12. The quantitative estimate of drug-likeness (QED) is 0.408. The van der Waals surface area contributed by atoms with E-state index in [0.29, 0.717) is 18.9 Å². The van der Waals surface area contributed by atoms with Crippen LogP contribution < -0.4 is 4.90 Å². The van der Waals surface area contributed by atoms with E-state index in [2.05, 4.69) is 47.8 Å². The topological polar surface area (TPSA) is 75.4 Å². The number of aromatic nitrogens is 2. The van der Waals surface area contributed by atoms with Crippen LogP contribution in [0.4, 0.5) is 5.69 Å². The average molecular weight is 454 g/mol. The second kappa shape index (κ2) is 14.1. The number of carboxylic acid groups (broad SMARTS) is 1. The summed E-state index contributed by atoms with van der Waals surface area (Å²) in [6.45, 7) is 12.7. The molecule has 1 unspecified atom stereocenters. The molecule has 3 aromatic rings. The van der Waals surface area contributed by atoms with Crippen molar-refractivity contribution >= 4 is 29.0 Å². The first-order valence-electron chi connectivity index (χ1n) is 11.7. The highest BCUT2D eigenvalue weighted by Gasteiger charge is 2.14. The Morgan fingerprint density at radius 2 is 1.91 bits per heavy atom. The zero-order chi connectivity index (χ0) is 25.0. The molecule has 1 aromatic carbocycles. The fourth-order valence-electron chi connectivity index (χ4n) is 3.86. The first-order valence-corrected chi connectivity index (χ1v) is 11.7. The smallest absolute Gasteiger partial charge is 0.303 e. The minimum Gasteiger partial charge on any atom is -0.481 e. The second-order valence-electron chi connectivity index (χ2n) is 8.12. The Morgan fingerprint density at radius 3 is 2.48 bits per heavy atom. The van der Waals surface area contributed by atoms with Crippen molar-refractivity contribution in [3.05, 3.63) is 59.5 Å². The Labute approximate surface area is 198 Å². The van der Waals surface area contributed by atoms with Gasteiger partial charge in [0.25, 0.3) is 0 Å². The summed E-state index contributed by atoms with van der Waals surface area (Å²) >= 11 is 0. The van der Waals surface area contributed by atoms with Crippen molar-refractivity contribution in [2.24, 2.45) is 13.0 Å². The lowest BCUT2D eigenvalue weighted by atomic mass is 10.0. The third-order valence-corrected chi connectivity index (χ3v) is 5.39. The minimum absolute atomic E-state index is 0.313. The predicted octanol–water partition coefficient (Wildman–Crippen LogP) is 6.28. The van der Waals surface area contributed by atoms with E-state index in [1.165, 1.54) is 16.5 Å². The monoisotopic (exact) mass is 453 g/mol. The van der Waals surface area contributed by atoms with Gasteiger partial charge in [0.15, 0.2) is 0 Å². The van der Waals surface area contributed by atoms with E-state index in [9.17, 15) is 9.59 Å². The van der Waals surface area contributed by atoms with Crippen LogP contribution in [0.2, 0.25) is 0 Å². The Morgan fingerprint density at radius 1 is 1.21 bits per heavy atom. The number of nitrogens with zero attached hydrogens (tertiary/aromatic N) is 3. The summed E-state index contributed by atoms with van der Waals surface area (Å²) in [6, 6.07) is 8.18. The lowest BCUT2D eigenvalue weighted by molar-refractivity contribution is -0.138. The van der Waals surface area contributed by atoms with E-state index in [0.717, 1.165) is 36.1 Å². The van der Waals surface area contributed by atoms with E-state index in [-0.39, 0.29) is 0 Å². The molecule has 180 valence electrons. The summed E-state index contributed by atoms with van der Waals surface area (Å²) in [4.78, 5) is 27.5. The number of carbonyl (C=O) groups is 2. The Bertz CT molecular complexity index is 1030. The van der Waals surface area contributed by atoms with Crippen molar-refractivity contribution in [2.75, 3.05) is 4.90 Å². The van der Waals surface area contributed by atoms with Gasteiger partial charge in [0.2, 0.25) is 6.41 Å². The molecule has 33 heavy (non-hydrogen) atoms. The summed E-state index contributed by atoms with van der Waals surface area (Å²) in [6.07, 6.45) is 8.86. The second-order valence-corrected chi connectivity index (χ2v) is 8.12. The first kappa shape index (κ1) is 27.9. The summed E-state index contributed by atoms with van der Waals surface area (Å²) in [7, 11) is 2.03. The van der Waals surface area contributed by atoms with E-state index in [1.54, 1.807) is 17.3 Å². The van der Waals surface area contributed by atoms with Crippen molar-refractivity contribution in [3.63, 3.8) is 0 Å². The van der Waals surface area contributed by atoms with Crippen LogP contribution in [0.5, 0.6) is 0 Å². The Kier molecular flexibility index (Phi) is 11.9. The van der Waals surface area contributed by atoms with Crippen LogP contribution in [0.25, 0.3) is 10.9 Å². The summed E-state index contributed by atoms with van der Waals surface area (Å²) in [5, 5.41) is 9.53. The van der Waals surface area contributed by atoms with Gasteiger partial charge in [-0.1, -0.05) is 52.7 Å². The van der Waals surface area contributed by atoms with Crippen molar-refractivity contribution in [2.45, 2.75) is 67.3 Å². The number of hydrogen-bond acceptors (Lipinski definition) is 3. The third-order valence-electron chi connectivity index (χ3n) is 5.39. The molecule has 1 atom stereocenters. The predicted molar refractivity (Wildman–Crippen MR) is 137 cm³/mol. The van der Waals surface area contributed by atoms with Gasteiger partial charge in [-0.15, -0.1) is 0 Å². The van der Waals surface area contributed by atoms with E-state index >= 15 is 0 Å². The van der Waals surface area contributed by atoms with Crippen molar-refractivity contribution in [1.29, 1.82) is 0 Å². The van der Waals surface area contributed by atoms with Gasteiger partial charge in [0, 0.05) is 36.8 Å². The van der Waals surface area contributed by atoms with Crippen LogP contribution in [-0.2, 0) is 23.2 Å². The maximum Gasteiger partial charge on any atom is 0.303 e. The highest BCUT2D eigenvalue weighted by atomic mass is 16.4. The highest BCUT2D eigenvalue weighted by Crippen LogP contribution is 2.27. The number of fused-ring (bicyclic) bond motifs is 1. The Balaban J connectivity index is 0.000000420. The van der Waals surface area contributed by atoms with Gasteiger partial charge in [0.1, 0.15) is 0 Å². The largest absolute Gasteiger partial charge is 0.481 e. The maximum absolute atomic E-state index is 11.6. The third kappa shape index (κ3) is 8.04. The number of hydrogen-bond donors (Lipinski definition) is 1. The molecular weight excluding hydrogens is 414 g/mol. The van der Waals surface area contributed by atoms with Crippen molar-refractivity contribution in [1.82, 2.24) is 9.55 Å². The van der Waals surface area contributed by atoms with Gasteiger partial charge in [-0.2, -0.15) is 0 Å². The van der Waals surface area contributed by atoms with Gasteiger partial charge in [0.05, 0.1) is 18.4 Å². The number of pyridine rings is 1. The van der Waals surface area contributed by atoms with Crippen LogP contribution in [0, 0.1) is 19.8 Å². The zero-order valence-corrected chi connectivity index (χ0v) is 21.1. The summed E-state index contributed by atoms with van der Waals surface area (Å²) in [5.74, 6) is -0.344. The standard InChI is InChI=1S/C18H19N3O.C7H14O2.C2H6/c1-13-7-8-19-9-17(13)21(12-22)11-15-10-20(3)16-6-4-5-14(2)18(15)16;1-3-4-6(2)5-7(8)9;1-2/h4-10,12H,11H2,1-3H3;6H,3-5H2,1-2H3,(H,8,9);1-2H3. The fraction of sp³-hybridized carbons (Fsp3) is 0.444. The number of aryl methyl sites for hydroxylation is 3. The molecule has 2 heterocycles. The van der Waals surface area contributed by atoms with E-state index in [1.807, 2.05) is 40.8 Å². The number of aliphatic carboxylic acids is 1. The zero-order valence-electron chi connectivity index (χ0n) is 21.1. The molecule has 0 aliphatic carbocycles.